The van der Waals surface area contributed by atoms with E-state index in [-0.39, 0.29) is 11.0 Å². The molecule has 0 saturated carbocycles. The zero-order valence-corrected chi connectivity index (χ0v) is 10.1. The van der Waals surface area contributed by atoms with Crippen molar-refractivity contribution in [2.75, 3.05) is 20.1 Å². The van der Waals surface area contributed by atoms with Crippen LogP contribution in [0.1, 0.15) is 41.0 Å². The molecule has 0 aromatic rings. The van der Waals surface area contributed by atoms with Crippen LogP contribution in [-0.2, 0) is 0 Å². The van der Waals surface area contributed by atoms with Gasteiger partial charge < -0.3 is 10.6 Å². The number of hydrogen-bond acceptors (Lipinski definition) is 2. The molecule has 2 heteroatoms. The largest absolute Gasteiger partial charge is 0.325 e. The molecule has 0 aliphatic heterocycles. The van der Waals surface area contributed by atoms with Gasteiger partial charge in [-0.15, -0.1) is 0 Å². The van der Waals surface area contributed by atoms with E-state index >= 15 is 0 Å². The number of nitrogens with two attached hydrogens (primary N) is 1. The van der Waals surface area contributed by atoms with Gasteiger partial charge in [-0.2, -0.15) is 0 Å². The first kappa shape index (κ1) is 12.9. The fourth-order valence-corrected chi connectivity index (χ4v) is 1.34. The van der Waals surface area contributed by atoms with Gasteiger partial charge in [0.15, 0.2) is 0 Å². The van der Waals surface area contributed by atoms with Crippen LogP contribution >= 0.6 is 0 Å². The quantitative estimate of drug-likeness (QED) is 0.712. The molecule has 0 aliphatic rings. The summed E-state index contributed by atoms with van der Waals surface area (Å²) in [5.74, 6) is 0. The van der Waals surface area contributed by atoms with Crippen LogP contribution in [0, 0.1) is 5.41 Å². The minimum Gasteiger partial charge on any atom is -0.325 e. The molecule has 2 nitrogen and oxygen atoms in total. The molecule has 0 radical (unpaired) electrons. The zero-order chi connectivity index (χ0) is 10.7. The lowest BCUT2D eigenvalue weighted by Crippen LogP contribution is -2.52. The van der Waals surface area contributed by atoms with Gasteiger partial charge in [0, 0.05) is 12.1 Å². The van der Waals surface area contributed by atoms with E-state index in [0.717, 1.165) is 13.1 Å². The normalized spacial score (nSPS) is 13.8. The molecule has 0 amide bonds. The minimum absolute atomic E-state index is 0.116. The number of hydrogen-bond donors (Lipinski definition) is 1. The van der Waals surface area contributed by atoms with Gasteiger partial charge in [-0.05, 0) is 39.3 Å². The predicted molar refractivity (Wildman–Crippen MR) is 59.8 cm³/mol. The molecule has 0 aliphatic carbocycles. The molecule has 0 unspecified atom stereocenters. The maximum Gasteiger partial charge on any atom is 0.0161 e. The molecule has 13 heavy (non-hydrogen) atoms. The van der Waals surface area contributed by atoms with Gasteiger partial charge >= 0.3 is 0 Å². The van der Waals surface area contributed by atoms with Crippen LogP contribution < -0.4 is 5.73 Å². The molecule has 0 aromatic carbocycles. The van der Waals surface area contributed by atoms with Gasteiger partial charge in [-0.1, -0.05) is 20.8 Å². The summed E-state index contributed by atoms with van der Waals surface area (Å²) in [6, 6.07) is 0. The first-order valence-corrected chi connectivity index (χ1v) is 5.18. The van der Waals surface area contributed by atoms with Crippen LogP contribution in [0.2, 0.25) is 0 Å². The molecule has 0 bridgehead atoms. The summed E-state index contributed by atoms with van der Waals surface area (Å²) in [5.41, 5.74) is 6.18. The molecule has 0 saturated heterocycles. The second-order valence-electron chi connectivity index (χ2n) is 5.34. The van der Waals surface area contributed by atoms with Gasteiger partial charge in [0.2, 0.25) is 0 Å². The average molecular weight is 186 g/mol. The monoisotopic (exact) mass is 186 g/mol. The van der Waals surface area contributed by atoms with Crippen molar-refractivity contribution in [3.63, 3.8) is 0 Å². The smallest absolute Gasteiger partial charge is 0.0161 e. The zero-order valence-electron chi connectivity index (χ0n) is 10.1. The van der Waals surface area contributed by atoms with Crippen molar-refractivity contribution in [2.45, 2.75) is 46.6 Å². The first-order valence-electron chi connectivity index (χ1n) is 5.18. The second-order valence-corrected chi connectivity index (χ2v) is 5.34. The highest BCUT2D eigenvalue weighted by Gasteiger charge is 2.33. The third kappa shape index (κ3) is 4.10. The Morgan fingerprint density at radius 2 is 1.62 bits per heavy atom. The van der Waals surface area contributed by atoms with Gasteiger partial charge in [0.1, 0.15) is 0 Å². The van der Waals surface area contributed by atoms with Gasteiger partial charge in [-0.25, -0.2) is 0 Å². The van der Waals surface area contributed by atoms with Crippen LogP contribution in [0.25, 0.3) is 0 Å². The van der Waals surface area contributed by atoms with Crippen LogP contribution in [0.3, 0.4) is 0 Å². The van der Waals surface area contributed by atoms with Crippen molar-refractivity contribution >= 4 is 0 Å². The summed E-state index contributed by atoms with van der Waals surface area (Å²) >= 11 is 0. The molecule has 0 spiro atoms. The highest BCUT2D eigenvalue weighted by atomic mass is 15.1. The molecule has 2 N–H and O–H groups in total. The summed E-state index contributed by atoms with van der Waals surface area (Å²) < 4.78 is 0. The van der Waals surface area contributed by atoms with Crippen molar-refractivity contribution in [3.8, 4) is 0 Å². The Bertz CT molecular complexity index is 145. The Hall–Kier alpha value is -0.0800. The standard InChI is InChI=1S/C11H26N2/c1-7-8-13(6)9-10(2,3)11(4,5)12/h7-9,12H2,1-6H3. The van der Waals surface area contributed by atoms with Crippen LogP contribution in [0.5, 0.6) is 0 Å². The lowest BCUT2D eigenvalue weighted by Gasteiger charge is -2.41. The highest BCUT2D eigenvalue weighted by Crippen LogP contribution is 2.28. The third-order valence-corrected chi connectivity index (χ3v) is 3.01. The van der Waals surface area contributed by atoms with Gasteiger partial charge in [0.05, 0.1) is 0 Å². The average Bonchev–Trinajstić information content (AvgIpc) is 1.83. The van der Waals surface area contributed by atoms with Gasteiger partial charge in [0.25, 0.3) is 0 Å². The first-order chi connectivity index (χ1) is 5.70. The molecular weight excluding hydrogens is 160 g/mol. The summed E-state index contributed by atoms with van der Waals surface area (Å²) in [7, 11) is 2.16. The van der Waals surface area contributed by atoms with E-state index in [1.54, 1.807) is 0 Å². The SMILES string of the molecule is CCCN(C)CC(C)(C)C(C)(C)N. The van der Waals surface area contributed by atoms with E-state index in [1.165, 1.54) is 6.42 Å². The van der Waals surface area contributed by atoms with E-state index < -0.39 is 0 Å². The summed E-state index contributed by atoms with van der Waals surface area (Å²) in [6.07, 6.45) is 1.21. The van der Waals surface area contributed by atoms with Crippen molar-refractivity contribution in [1.29, 1.82) is 0 Å². The van der Waals surface area contributed by atoms with Gasteiger partial charge in [-0.3, -0.25) is 0 Å². The van der Waals surface area contributed by atoms with E-state index in [2.05, 4.69) is 46.6 Å². The maximum atomic E-state index is 6.13. The maximum absolute atomic E-state index is 6.13. The Labute approximate surface area is 83.5 Å². The van der Waals surface area contributed by atoms with E-state index in [0.29, 0.717) is 0 Å². The van der Waals surface area contributed by atoms with E-state index in [9.17, 15) is 0 Å². The van der Waals surface area contributed by atoms with Crippen LogP contribution in [0.15, 0.2) is 0 Å². The summed E-state index contributed by atoms with van der Waals surface area (Å²) in [4.78, 5) is 2.36. The topological polar surface area (TPSA) is 29.3 Å². The Kier molecular flexibility index (Phi) is 4.40. The van der Waals surface area contributed by atoms with E-state index in [4.69, 9.17) is 5.73 Å². The lowest BCUT2D eigenvalue weighted by atomic mass is 9.75. The van der Waals surface area contributed by atoms with Crippen LogP contribution in [-0.4, -0.2) is 30.6 Å². The Balaban J connectivity index is 4.17. The molecule has 0 rings (SSSR count). The molecule has 80 valence electrons. The third-order valence-electron chi connectivity index (χ3n) is 3.01. The van der Waals surface area contributed by atoms with Crippen molar-refractivity contribution in [2.24, 2.45) is 11.1 Å². The molecule has 0 aromatic heterocycles. The summed E-state index contributed by atoms with van der Waals surface area (Å²) in [6.45, 7) is 13.1. The summed E-state index contributed by atoms with van der Waals surface area (Å²) in [5, 5.41) is 0. The predicted octanol–water partition coefficient (Wildman–Crippen LogP) is 2.09. The number of rotatable bonds is 5. The molecular formula is C11H26N2. The number of nitrogens with zero attached hydrogens (tertiary/aromatic N) is 1. The van der Waals surface area contributed by atoms with Crippen molar-refractivity contribution in [3.05, 3.63) is 0 Å². The highest BCUT2D eigenvalue weighted by molar-refractivity contribution is 4.91. The lowest BCUT2D eigenvalue weighted by molar-refractivity contribution is 0.130. The molecule has 0 fully saturated rings. The molecule has 0 atom stereocenters. The van der Waals surface area contributed by atoms with Crippen molar-refractivity contribution < 1.29 is 0 Å². The fraction of sp³-hybridized carbons (Fsp3) is 1.00. The molecule has 0 heterocycles. The Morgan fingerprint density at radius 1 is 1.15 bits per heavy atom. The Morgan fingerprint density at radius 3 is 1.92 bits per heavy atom. The minimum atomic E-state index is -0.116. The van der Waals surface area contributed by atoms with Crippen LogP contribution in [0.4, 0.5) is 0 Å². The van der Waals surface area contributed by atoms with Crippen molar-refractivity contribution in [1.82, 2.24) is 4.90 Å². The van der Waals surface area contributed by atoms with E-state index in [1.807, 2.05) is 0 Å². The fourth-order valence-electron chi connectivity index (χ4n) is 1.34. The second kappa shape index (κ2) is 4.43.